The predicted octanol–water partition coefficient (Wildman–Crippen LogP) is 4.62. The fourth-order valence-corrected chi connectivity index (χ4v) is 4.19. The Labute approximate surface area is 211 Å². The molecule has 0 bridgehead atoms. The molecule has 1 aromatic carbocycles. The molecule has 3 heterocycles. The van der Waals surface area contributed by atoms with E-state index in [4.69, 9.17) is 23.2 Å². The largest absolute Gasteiger partial charge is 0.435 e. The minimum Gasteiger partial charge on any atom is -0.349 e. The number of aryl methyl sites for hydroxylation is 1. The molecule has 2 amide bonds. The lowest BCUT2D eigenvalue weighted by Gasteiger charge is -2.15. The van der Waals surface area contributed by atoms with Gasteiger partial charge in [-0.2, -0.15) is 18.3 Å². The first-order chi connectivity index (χ1) is 17.0. The summed E-state index contributed by atoms with van der Waals surface area (Å²) in [6, 6.07) is 4.91. The molecule has 1 aliphatic rings. The van der Waals surface area contributed by atoms with Crippen LogP contribution in [0, 0.1) is 0 Å². The zero-order valence-electron chi connectivity index (χ0n) is 18.4. The number of aromatic nitrogens is 5. The van der Waals surface area contributed by atoms with Gasteiger partial charge in [0, 0.05) is 25.4 Å². The fraction of sp³-hybridized carbons (Fsp3) is 0.227. The second-order valence-corrected chi connectivity index (χ2v) is 8.96. The number of carbonyl (C=O) groups is 2. The number of alkyl halides is 3. The Kier molecular flexibility index (Phi) is 5.87. The average Bonchev–Trinajstić information content (AvgIpc) is 3.37. The maximum absolute atomic E-state index is 13.5. The highest BCUT2D eigenvalue weighted by molar-refractivity contribution is 6.39. The van der Waals surface area contributed by atoms with Crippen LogP contribution < -0.4 is 10.6 Å². The van der Waals surface area contributed by atoms with Crippen LogP contribution in [0.5, 0.6) is 0 Å². The van der Waals surface area contributed by atoms with Crippen LogP contribution >= 0.6 is 23.2 Å². The van der Waals surface area contributed by atoms with Crippen molar-refractivity contribution < 1.29 is 22.8 Å². The third-order valence-corrected chi connectivity index (χ3v) is 6.17. The van der Waals surface area contributed by atoms with Gasteiger partial charge in [-0.1, -0.05) is 23.2 Å². The highest BCUT2D eigenvalue weighted by Crippen LogP contribution is 2.36. The van der Waals surface area contributed by atoms with Gasteiger partial charge < -0.3 is 15.2 Å². The van der Waals surface area contributed by atoms with Crippen LogP contribution in [-0.2, 0) is 13.2 Å². The van der Waals surface area contributed by atoms with Gasteiger partial charge in [0.15, 0.2) is 11.5 Å². The Hall–Kier alpha value is -3.64. The summed E-state index contributed by atoms with van der Waals surface area (Å²) in [7, 11) is 1.67. The number of pyridine rings is 1. The first-order valence-corrected chi connectivity index (χ1v) is 11.3. The third kappa shape index (κ3) is 4.37. The summed E-state index contributed by atoms with van der Waals surface area (Å²) in [5.41, 5.74) is -1.07. The summed E-state index contributed by atoms with van der Waals surface area (Å²) < 4.78 is 42.8. The maximum Gasteiger partial charge on any atom is 0.435 e. The monoisotopic (exact) mass is 537 g/mol. The summed E-state index contributed by atoms with van der Waals surface area (Å²) >= 11 is 12.7. The summed E-state index contributed by atoms with van der Waals surface area (Å²) in [5.74, 6) is -1.69. The van der Waals surface area contributed by atoms with Gasteiger partial charge >= 0.3 is 6.18 Å². The van der Waals surface area contributed by atoms with Crippen molar-refractivity contribution in [1.29, 1.82) is 0 Å². The number of fused-ring (bicyclic) bond motifs is 1. The number of hydrogen-bond acceptors (Lipinski definition) is 5. The van der Waals surface area contributed by atoms with Crippen molar-refractivity contribution in [3.05, 3.63) is 63.8 Å². The molecule has 2 N–H and O–H groups in total. The van der Waals surface area contributed by atoms with Crippen LogP contribution in [0.2, 0.25) is 10.0 Å². The molecule has 4 aromatic rings. The normalized spacial score (nSPS) is 13.7. The molecule has 186 valence electrons. The van der Waals surface area contributed by atoms with Gasteiger partial charge in [0.25, 0.3) is 11.8 Å². The van der Waals surface area contributed by atoms with E-state index in [9.17, 15) is 22.8 Å². The Morgan fingerprint density at radius 3 is 2.56 bits per heavy atom. The average molecular weight is 538 g/mol. The summed E-state index contributed by atoms with van der Waals surface area (Å²) in [6.45, 7) is 0. The van der Waals surface area contributed by atoms with Crippen LogP contribution in [0.3, 0.4) is 0 Å². The zero-order valence-corrected chi connectivity index (χ0v) is 19.9. The highest BCUT2D eigenvalue weighted by Gasteiger charge is 2.37. The smallest absolute Gasteiger partial charge is 0.349 e. The molecule has 0 spiro atoms. The fourth-order valence-electron chi connectivity index (χ4n) is 3.61. The van der Waals surface area contributed by atoms with E-state index in [1.165, 1.54) is 30.7 Å². The second kappa shape index (κ2) is 8.79. The van der Waals surface area contributed by atoms with Crippen LogP contribution in [0.1, 0.15) is 39.4 Å². The van der Waals surface area contributed by atoms with Gasteiger partial charge in [0.2, 0.25) is 0 Å². The predicted molar refractivity (Wildman–Crippen MR) is 126 cm³/mol. The lowest BCUT2D eigenvalue weighted by Crippen LogP contribution is -2.27. The molecule has 5 rings (SSSR count). The number of anilines is 1. The van der Waals surface area contributed by atoms with E-state index in [0.717, 1.165) is 12.8 Å². The van der Waals surface area contributed by atoms with Crippen molar-refractivity contribution in [2.24, 2.45) is 7.05 Å². The molecule has 1 aliphatic carbocycles. The molecule has 0 radical (unpaired) electrons. The summed E-state index contributed by atoms with van der Waals surface area (Å²) in [6.07, 6.45) is -0.430. The maximum atomic E-state index is 13.5. The van der Waals surface area contributed by atoms with Gasteiger partial charge in [-0.25, -0.2) is 14.6 Å². The Balaban J connectivity index is 1.62. The first-order valence-electron chi connectivity index (χ1n) is 10.6. The molecule has 14 heteroatoms. The standard InChI is InChI=1S/C22H16Cl2F3N7O2/c1-33-9-29-13-7-11(20(35)30-10-4-5-10)17(16(24)18(13)33)31-21(36)14-8-15(22(25,26)27)32-34(14)19-12(23)3-2-6-28-19/h2-3,6-10H,4-5H2,1H3,(H,30,35)(H,31,36). The number of halogens is 5. The number of nitrogens with zero attached hydrogens (tertiary/aromatic N) is 5. The van der Waals surface area contributed by atoms with E-state index >= 15 is 0 Å². The van der Waals surface area contributed by atoms with Gasteiger partial charge in [0.05, 0.1) is 38.7 Å². The lowest BCUT2D eigenvalue weighted by atomic mass is 10.1. The topological polar surface area (TPSA) is 107 Å². The van der Waals surface area contributed by atoms with Gasteiger partial charge in [-0.05, 0) is 31.0 Å². The number of rotatable bonds is 5. The number of amides is 2. The van der Waals surface area contributed by atoms with E-state index in [0.29, 0.717) is 21.8 Å². The number of carbonyl (C=O) groups excluding carboxylic acids is 2. The minimum atomic E-state index is -4.85. The molecule has 1 saturated carbocycles. The van der Waals surface area contributed by atoms with Gasteiger partial charge in [-0.15, -0.1) is 0 Å². The molecule has 9 nitrogen and oxygen atoms in total. The Morgan fingerprint density at radius 2 is 1.89 bits per heavy atom. The van der Waals surface area contributed by atoms with E-state index in [2.05, 4.69) is 25.7 Å². The number of hydrogen-bond donors (Lipinski definition) is 2. The Bertz CT molecular complexity index is 1530. The van der Waals surface area contributed by atoms with E-state index in [-0.39, 0.29) is 33.2 Å². The van der Waals surface area contributed by atoms with Crippen LogP contribution in [-0.4, -0.2) is 42.2 Å². The lowest BCUT2D eigenvalue weighted by molar-refractivity contribution is -0.141. The first kappa shape index (κ1) is 24.1. The molecular formula is C22H16Cl2F3N7O2. The van der Waals surface area contributed by atoms with Crippen molar-refractivity contribution in [3.63, 3.8) is 0 Å². The van der Waals surface area contributed by atoms with E-state index in [1.54, 1.807) is 11.6 Å². The van der Waals surface area contributed by atoms with Crippen LogP contribution in [0.25, 0.3) is 16.9 Å². The molecule has 1 fully saturated rings. The third-order valence-electron chi connectivity index (χ3n) is 5.51. The van der Waals surface area contributed by atoms with Crippen molar-refractivity contribution >= 4 is 51.7 Å². The molecule has 0 atom stereocenters. The molecule has 0 unspecified atom stereocenters. The van der Waals surface area contributed by atoms with E-state index in [1.807, 2.05) is 0 Å². The van der Waals surface area contributed by atoms with Crippen molar-refractivity contribution in [3.8, 4) is 5.82 Å². The van der Waals surface area contributed by atoms with Crippen LogP contribution in [0.15, 0.2) is 36.8 Å². The minimum absolute atomic E-state index is 0.000208. The number of benzene rings is 1. The number of imidazole rings is 1. The quantitative estimate of drug-likeness (QED) is 0.386. The SMILES string of the molecule is Cn1cnc2cc(C(=O)NC3CC3)c(NC(=O)c3cc(C(F)(F)F)nn3-c3ncccc3Cl)c(Cl)c21. The van der Waals surface area contributed by atoms with Crippen LogP contribution in [0.4, 0.5) is 18.9 Å². The molecule has 0 aliphatic heterocycles. The van der Waals surface area contributed by atoms with Crippen molar-refractivity contribution in [2.75, 3.05) is 5.32 Å². The van der Waals surface area contributed by atoms with E-state index < -0.39 is 29.4 Å². The molecule has 3 aromatic heterocycles. The Morgan fingerprint density at radius 1 is 1.14 bits per heavy atom. The summed E-state index contributed by atoms with van der Waals surface area (Å²) in [5, 5.41) is 8.81. The molecule has 0 saturated heterocycles. The highest BCUT2D eigenvalue weighted by atomic mass is 35.5. The number of nitrogens with one attached hydrogen (secondary N) is 2. The van der Waals surface area contributed by atoms with Gasteiger partial charge in [0.1, 0.15) is 5.69 Å². The second-order valence-electron chi connectivity index (χ2n) is 8.17. The molecule has 36 heavy (non-hydrogen) atoms. The molecular weight excluding hydrogens is 522 g/mol. The summed E-state index contributed by atoms with van der Waals surface area (Å²) in [4.78, 5) is 34.5. The zero-order chi connectivity index (χ0) is 25.8. The van der Waals surface area contributed by atoms with Crippen molar-refractivity contribution in [2.45, 2.75) is 25.1 Å². The van der Waals surface area contributed by atoms with Crippen molar-refractivity contribution in [1.82, 2.24) is 29.6 Å². The van der Waals surface area contributed by atoms with Gasteiger partial charge in [-0.3, -0.25) is 9.59 Å².